The molecular formula is C28H54O6. The number of esters is 2. The van der Waals surface area contributed by atoms with Crippen molar-refractivity contribution in [2.75, 3.05) is 33.0 Å². The molecule has 0 radical (unpaired) electrons. The molecule has 0 aliphatic rings. The zero-order valence-electron chi connectivity index (χ0n) is 22.8. The SMILES string of the molecule is CCCCCCCCCCCCCCCCCC(=O)OCCOCCOCC(=O)OC(C)(C)C. The molecular weight excluding hydrogens is 432 g/mol. The fourth-order valence-electron chi connectivity index (χ4n) is 3.67. The lowest BCUT2D eigenvalue weighted by atomic mass is 10.0. The van der Waals surface area contributed by atoms with Gasteiger partial charge in [-0.25, -0.2) is 4.79 Å². The fourth-order valence-corrected chi connectivity index (χ4v) is 3.67. The first-order chi connectivity index (χ1) is 16.3. The van der Waals surface area contributed by atoms with Crippen molar-refractivity contribution in [2.45, 2.75) is 136 Å². The van der Waals surface area contributed by atoms with Crippen LogP contribution in [0.15, 0.2) is 0 Å². The lowest BCUT2D eigenvalue weighted by Crippen LogP contribution is -2.27. The van der Waals surface area contributed by atoms with Gasteiger partial charge in [0.2, 0.25) is 0 Å². The van der Waals surface area contributed by atoms with Crippen LogP contribution in [0.3, 0.4) is 0 Å². The van der Waals surface area contributed by atoms with Crippen LogP contribution in [0.25, 0.3) is 0 Å². The van der Waals surface area contributed by atoms with E-state index in [9.17, 15) is 9.59 Å². The normalized spacial score (nSPS) is 11.5. The van der Waals surface area contributed by atoms with Crippen LogP contribution in [0, 0.1) is 0 Å². The van der Waals surface area contributed by atoms with E-state index in [2.05, 4.69) is 6.92 Å². The van der Waals surface area contributed by atoms with Gasteiger partial charge in [-0.05, 0) is 27.2 Å². The molecule has 0 N–H and O–H groups in total. The van der Waals surface area contributed by atoms with Crippen LogP contribution in [0.5, 0.6) is 0 Å². The van der Waals surface area contributed by atoms with Crippen molar-refractivity contribution in [3.63, 3.8) is 0 Å². The molecule has 6 nitrogen and oxygen atoms in total. The van der Waals surface area contributed by atoms with Gasteiger partial charge in [0.15, 0.2) is 0 Å². The Morgan fingerprint density at radius 2 is 1.00 bits per heavy atom. The molecule has 0 saturated heterocycles. The van der Waals surface area contributed by atoms with Gasteiger partial charge < -0.3 is 18.9 Å². The van der Waals surface area contributed by atoms with Crippen LogP contribution in [-0.2, 0) is 28.5 Å². The Labute approximate surface area is 209 Å². The quantitative estimate of drug-likeness (QED) is 0.106. The predicted octanol–water partition coefficient (Wildman–Crippen LogP) is 7.17. The summed E-state index contributed by atoms with van der Waals surface area (Å²) >= 11 is 0. The Bertz CT molecular complexity index is 472. The first kappa shape index (κ1) is 32.9. The van der Waals surface area contributed by atoms with E-state index >= 15 is 0 Å². The van der Waals surface area contributed by atoms with E-state index in [0.717, 1.165) is 12.8 Å². The topological polar surface area (TPSA) is 71.1 Å². The van der Waals surface area contributed by atoms with E-state index < -0.39 is 5.60 Å². The van der Waals surface area contributed by atoms with Gasteiger partial charge in [0, 0.05) is 6.42 Å². The largest absolute Gasteiger partial charge is 0.463 e. The minimum atomic E-state index is -0.507. The molecule has 0 aromatic rings. The van der Waals surface area contributed by atoms with Gasteiger partial charge in [0.1, 0.15) is 18.8 Å². The summed E-state index contributed by atoms with van der Waals surface area (Å²) in [5.74, 6) is -0.542. The van der Waals surface area contributed by atoms with E-state index in [0.29, 0.717) is 26.2 Å². The van der Waals surface area contributed by atoms with Crippen molar-refractivity contribution in [1.29, 1.82) is 0 Å². The highest BCUT2D eigenvalue weighted by Crippen LogP contribution is 2.14. The Hall–Kier alpha value is -1.14. The van der Waals surface area contributed by atoms with Crippen molar-refractivity contribution in [3.8, 4) is 0 Å². The van der Waals surface area contributed by atoms with Gasteiger partial charge >= 0.3 is 11.9 Å². The van der Waals surface area contributed by atoms with Gasteiger partial charge in [-0.15, -0.1) is 0 Å². The number of hydrogen-bond acceptors (Lipinski definition) is 6. The standard InChI is InChI=1S/C28H54O6/c1-5-6-7-8-9-10-11-12-13-14-15-16-17-18-19-20-26(29)33-24-23-31-21-22-32-25-27(30)34-28(2,3)4/h5-25H2,1-4H3. The molecule has 0 fully saturated rings. The predicted molar refractivity (Wildman–Crippen MR) is 138 cm³/mol. The number of rotatable bonds is 24. The molecule has 0 amide bonds. The lowest BCUT2D eigenvalue weighted by molar-refractivity contribution is -0.161. The minimum absolute atomic E-state index is 0.0884. The number of carbonyl (C=O) groups excluding carboxylic acids is 2. The lowest BCUT2D eigenvalue weighted by Gasteiger charge is -2.19. The average Bonchev–Trinajstić information content (AvgIpc) is 2.77. The zero-order chi connectivity index (χ0) is 25.3. The summed E-state index contributed by atoms with van der Waals surface area (Å²) < 4.78 is 20.9. The third-order valence-electron chi connectivity index (χ3n) is 5.49. The summed E-state index contributed by atoms with van der Waals surface area (Å²) in [6.45, 7) is 8.86. The van der Waals surface area contributed by atoms with Crippen LogP contribution >= 0.6 is 0 Å². The van der Waals surface area contributed by atoms with Crippen LogP contribution in [0.1, 0.15) is 130 Å². The molecule has 6 heteroatoms. The maximum Gasteiger partial charge on any atom is 0.332 e. The molecule has 0 atom stereocenters. The molecule has 0 heterocycles. The highest BCUT2D eigenvalue weighted by molar-refractivity contribution is 5.71. The monoisotopic (exact) mass is 486 g/mol. The summed E-state index contributed by atoms with van der Waals surface area (Å²) in [4.78, 5) is 23.2. The van der Waals surface area contributed by atoms with Gasteiger partial charge in [-0.3, -0.25) is 4.79 Å². The third kappa shape index (κ3) is 27.1. The third-order valence-corrected chi connectivity index (χ3v) is 5.49. The average molecular weight is 487 g/mol. The maximum absolute atomic E-state index is 11.7. The van der Waals surface area contributed by atoms with Crippen LogP contribution in [0.4, 0.5) is 0 Å². The number of carbonyl (C=O) groups is 2. The molecule has 0 spiro atoms. The molecule has 0 aromatic heterocycles. The number of ether oxygens (including phenoxy) is 4. The first-order valence-electron chi connectivity index (χ1n) is 13.9. The molecule has 0 aliphatic heterocycles. The van der Waals surface area contributed by atoms with Crippen molar-refractivity contribution < 1.29 is 28.5 Å². The van der Waals surface area contributed by atoms with Gasteiger partial charge in [0.25, 0.3) is 0 Å². The second-order valence-electron chi connectivity index (χ2n) is 10.2. The van der Waals surface area contributed by atoms with E-state index in [-0.39, 0.29) is 25.2 Å². The number of hydrogen-bond donors (Lipinski definition) is 0. The number of unbranched alkanes of at least 4 members (excludes halogenated alkanes) is 14. The van der Waals surface area contributed by atoms with Crippen LogP contribution in [-0.4, -0.2) is 50.6 Å². The van der Waals surface area contributed by atoms with Gasteiger partial charge in [-0.2, -0.15) is 0 Å². The van der Waals surface area contributed by atoms with Crippen LogP contribution in [0.2, 0.25) is 0 Å². The first-order valence-corrected chi connectivity index (χ1v) is 13.9. The second-order valence-corrected chi connectivity index (χ2v) is 10.2. The summed E-state index contributed by atoms with van der Waals surface area (Å²) in [6, 6.07) is 0. The van der Waals surface area contributed by atoms with Crippen molar-refractivity contribution >= 4 is 11.9 Å². The van der Waals surface area contributed by atoms with Gasteiger partial charge in [0.05, 0.1) is 19.8 Å². The summed E-state index contributed by atoms with van der Waals surface area (Å²) in [5.41, 5.74) is -0.507. The fraction of sp³-hybridized carbons (Fsp3) is 0.929. The summed E-state index contributed by atoms with van der Waals surface area (Å²) in [7, 11) is 0. The molecule has 0 rings (SSSR count). The molecule has 0 aromatic carbocycles. The molecule has 0 bridgehead atoms. The molecule has 0 unspecified atom stereocenters. The van der Waals surface area contributed by atoms with Crippen molar-refractivity contribution in [3.05, 3.63) is 0 Å². The summed E-state index contributed by atoms with van der Waals surface area (Å²) in [5, 5.41) is 0. The molecule has 0 saturated carbocycles. The Kier molecular flexibility index (Phi) is 22.8. The highest BCUT2D eigenvalue weighted by atomic mass is 16.6. The second kappa shape index (κ2) is 23.6. The van der Waals surface area contributed by atoms with Crippen molar-refractivity contribution in [1.82, 2.24) is 0 Å². The van der Waals surface area contributed by atoms with E-state index in [1.165, 1.54) is 83.5 Å². The highest BCUT2D eigenvalue weighted by Gasteiger charge is 2.15. The van der Waals surface area contributed by atoms with Crippen LogP contribution < -0.4 is 0 Å². The molecule has 34 heavy (non-hydrogen) atoms. The van der Waals surface area contributed by atoms with Crippen molar-refractivity contribution in [2.24, 2.45) is 0 Å². The maximum atomic E-state index is 11.7. The molecule has 0 aliphatic carbocycles. The van der Waals surface area contributed by atoms with E-state index in [1.807, 2.05) is 20.8 Å². The summed E-state index contributed by atoms with van der Waals surface area (Å²) in [6.07, 6.45) is 20.2. The van der Waals surface area contributed by atoms with E-state index in [1.54, 1.807) is 0 Å². The Balaban J connectivity index is 3.25. The minimum Gasteiger partial charge on any atom is -0.463 e. The van der Waals surface area contributed by atoms with Gasteiger partial charge in [-0.1, -0.05) is 96.8 Å². The Morgan fingerprint density at radius 3 is 1.50 bits per heavy atom. The Morgan fingerprint density at radius 1 is 0.559 bits per heavy atom. The smallest absolute Gasteiger partial charge is 0.332 e. The van der Waals surface area contributed by atoms with E-state index in [4.69, 9.17) is 18.9 Å². The molecule has 202 valence electrons. The zero-order valence-corrected chi connectivity index (χ0v) is 22.8.